The van der Waals surface area contributed by atoms with Gasteiger partial charge in [0.05, 0.1) is 5.92 Å². The van der Waals surface area contributed by atoms with Crippen molar-refractivity contribution in [2.24, 2.45) is 11.8 Å². The molecule has 0 bridgehead atoms. The molecule has 2 fully saturated rings. The van der Waals surface area contributed by atoms with Crippen molar-refractivity contribution in [1.82, 2.24) is 10.2 Å². The molecule has 2 saturated heterocycles. The van der Waals surface area contributed by atoms with Gasteiger partial charge < -0.3 is 10.2 Å². The third-order valence-corrected chi connectivity index (χ3v) is 5.46. The summed E-state index contributed by atoms with van der Waals surface area (Å²) in [6.07, 6.45) is 4.03. The van der Waals surface area contributed by atoms with E-state index in [2.05, 4.69) is 5.32 Å². The predicted octanol–water partition coefficient (Wildman–Crippen LogP) is 3.81. The number of amides is 1. The number of likely N-dealkylation sites (tertiary alicyclic amines) is 1. The zero-order valence-corrected chi connectivity index (χ0v) is 15.4. The van der Waals surface area contributed by atoms with Crippen LogP contribution in [0.3, 0.4) is 0 Å². The summed E-state index contributed by atoms with van der Waals surface area (Å²) in [4.78, 5) is 14.5. The molecule has 2 aliphatic heterocycles. The minimum absolute atomic E-state index is 0. The Morgan fingerprint density at radius 1 is 1.22 bits per heavy atom. The molecule has 1 atom stereocenters. The number of carbonyl (C=O) groups excluding carboxylic acids is 1. The highest BCUT2D eigenvalue weighted by atomic mass is 35.5. The fraction of sp³-hybridized carbons (Fsp3) is 0.588. The molecule has 2 aliphatic rings. The first-order valence-electron chi connectivity index (χ1n) is 8.07. The highest BCUT2D eigenvalue weighted by molar-refractivity contribution is 6.33. The molecule has 128 valence electrons. The smallest absolute Gasteiger partial charge is 0.227 e. The summed E-state index contributed by atoms with van der Waals surface area (Å²) in [5.74, 6) is 1.12. The number of nitrogens with one attached hydrogen (secondary N) is 1. The van der Waals surface area contributed by atoms with Crippen molar-refractivity contribution in [1.29, 1.82) is 0 Å². The molecule has 1 unspecified atom stereocenters. The lowest BCUT2D eigenvalue weighted by molar-refractivity contribution is -0.136. The molecule has 0 aliphatic carbocycles. The van der Waals surface area contributed by atoms with Crippen LogP contribution in [0.1, 0.15) is 24.8 Å². The van der Waals surface area contributed by atoms with Gasteiger partial charge in [0, 0.05) is 29.7 Å². The average molecular weight is 378 g/mol. The van der Waals surface area contributed by atoms with Crippen molar-refractivity contribution >= 4 is 41.5 Å². The van der Waals surface area contributed by atoms with Gasteiger partial charge in [0.2, 0.25) is 5.91 Å². The van der Waals surface area contributed by atoms with Crippen LogP contribution in [0.15, 0.2) is 18.2 Å². The molecule has 23 heavy (non-hydrogen) atoms. The van der Waals surface area contributed by atoms with Gasteiger partial charge in [-0.15, -0.1) is 12.4 Å². The largest absolute Gasteiger partial charge is 0.342 e. The molecule has 3 nitrogen and oxygen atoms in total. The lowest BCUT2D eigenvalue weighted by Crippen LogP contribution is -2.42. The first kappa shape index (κ1) is 18.9. The zero-order chi connectivity index (χ0) is 15.5. The zero-order valence-electron chi connectivity index (χ0n) is 13.1. The van der Waals surface area contributed by atoms with Crippen molar-refractivity contribution in [2.75, 3.05) is 26.2 Å². The van der Waals surface area contributed by atoms with E-state index in [1.807, 2.05) is 23.1 Å². The number of rotatable bonds is 3. The molecule has 0 saturated carbocycles. The van der Waals surface area contributed by atoms with Gasteiger partial charge in [-0.05, 0) is 61.9 Å². The molecule has 2 heterocycles. The molecule has 1 aromatic carbocycles. The highest BCUT2D eigenvalue weighted by Crippen LogP contribution is 2.28. The molecule has 0 spiro atoms. The van der Waals surface area contributed by atoms with Crippen molar-refractivity contribution in [3.8, 4) is 0 Å². The van der Waals surface area contributed by atoms with Gasteiger partial charge in [-0.1, -0.05) is 23.2 Å². The number of nitrogens with zero attached hydrogens (tertiary/aromatic N) is 1. The van der Waals surface area contributed by atoms with Gasteiger partial charge in [-0.2, -0.15) is 0 Å². The van der Waals surface area contributed by atoms with Crippen LogP contribution in [0.25, 0.3) is 0 Å². The van der Waals surface area contributed by atoms with Gasteiger partial charge in [0.1, 0.15) is 0 Å². The van der Waals surface area contributed by atoms with Crippen LogP contribution in [0, 0.1) is 11.8 Å². The highest BCUT2D eigenvalue weighted by Gasteiger charge is 2.30. The van der Waals surface area contributed by atoms with Crippen LogP contribution in [-0.4, -0.2) is 37.0 Å². The Bertz CT molecular complexity index is 539. The lowest BCUT2D eigenvalue weighted by atomic mass is 9.89. The molecule has 1 aromatic rings. The van der Waals surface area contributed by atoms with Crippen molar-refractivity contribution in [3.63, 3.8) is 0 Å². The Hall–Kier alpha value is -0.480. The summed E-state index contributed by atoms with van der Waals surface area (Å²) >= 11 is 12.3. The second-order valence-corrected chi connectivity index (χ2v) is 7.24. The summed E-state index contributed by atoms with van der Waals surface area (Å²) < 4.78 is 0. The Morgan fingerprint density at radius 2 is 1.96 bits per heavy atom. The van der Waals surface area contributed by atoms with Crippen LogP contribution in [0.2, 0.25) is 10.0 Å². The number of halogens is 3. The molecule has 1 amide bonds. The number of piperidine rings is 1. The van der Waals surface area contributed by atoms with Crippen LogP contribution in [0.5, 0.6) is 0 Å². The van der Waals surface area contributed by atoms with E-state index in [1.165, 1.54) is 0 Å². The summed E-state index contributed by atoms with van der Waals surface area (Å²) in [5.41, 5.74) is 1.12. The molecule has 1 N–H and O–H groups in total. The van der Waals surface area contributed by atoms with Crippen molar-refractivity contribution < 1.29 is 4.79 Å². The Balaban J connectivity index is 0.00000192. The minimum Gasteiger partial charge on any atom is -0.342 e. The average Bonchev–Trinajstić information content (AvgIpc) is 3.05. The topological polar surface area (TPSA) is 32.3 Å². The molecular weight excluding hydrogens is 355 g/mol. The summed E-state index contributed by atoms with van der Waals surface area (Å²) in [6.45, 7) is 3.56. The molecule has 0 aromatic heterocycles. The Kier molecular flexibility index (Phi) is 7.02. The Labute approximate surface area is 154 Å². The molecular formula is C17H23Cl3N2O. The number of hydrogen-bond acceptors (Lipinski definition) is 2. The van der Waals surface area contributed by atoms with E-state index in [0.717, 1.165) is 67.5 Å². The summed E-state index contributed by atoms with van der Waals surface area (Å²) in [6, 6.07) is 5.65. The first-order chi connectivity index (χ1) is 10.6. The Morgan fingerprint density at radius 3 is 2.61 bits per heavy atom. The normalized spacial score (nSPS) is 22.0. The number of carbonyl (C=O) groups is 1. The lowest BCUT2D eigenvalue weighted by Gasteiger charge is -2.33. The van der Waals surface area contributed by atoms with Gasteiger partial charge >= 0.3 is 0 Å². The van der Waals surface area contributed by atoms with E-state index in [4.69, 9.17) is 23.2 Å². The monoisotopic (exact) mass is 376 g/mol. The second kappa shape index (κ2) is 8.57. The number of hydrogen-bond donors (Lipinski definition) is 1. The third kappa shape index (κ3) is 4.76. The van der Waals surface area contributed by atoms with E-state index in [-0.39, 0.29) is 18.3 Å². The van der Waals surface area contributed by atoms with Crippen LogP contribution >= 0.6 is 35.6 Å². The van der Waals surface area contributed by atoms with Gasteiger partial charge in [0.25, 0.3) is 0 Å². The maximum Gasteiger partial charge on any atom is 0.227 e. The molecule has 6 heteroatoms. The van der Waals surface area contributed by atoms with Crippen LogP contribution in [-0.2, 0) is 11.2 Å². The standard InChI is InChI=1S/C17H22Cl2N2O.ClH/c18-15-1-2-16(19)14(10-15)9-12-4-7-21(8-5-12)17(22)13-3-6-20-11-13;/h1-2,10,12-13,20H,3-9,11H2;1H. The first-order valence-corrected chi connectivity index (χ1v) is 8.82. The third-order valence-electron chi connectivity index (χ3n) is 4.85. The fourth-order valence-corrected chi connectivity index (χ4v) is 3.88. The van der Waals surface area contributed by atoms with E-state index in [9.17, 15) is 4.79 Å². The van der Waals surface area contributed by atoms with Gasteiger partial charge in [-0.3, -0.25) is 4.79 Å². The second-order valence-electron chi connectivity index (χ2n) is 6.40. The van der Waals surface area contributed by atoms with E-state index in [0.29, 0.717) is 11.8 Å². The minimum atomic E-state index is 0. The maximum atomic E-state index is 12.4. The van der Waals surface area contributed by atoms with E-state index >= 15 is 0 Å². The quantitative estimate of drug-likeness (QED) is 0.869. The van der Waals surface area contributed by atoms with Crippen LogP contribution < -0.4 is 5.32 Å². The molecule has 0 radical (unpaired) electrons. The maximum absolute atomic E-state index is 12.4. The predicted molar refractivity (Wildman–Crippen MR) is 97.7 cm³/mol. The SMILES string of the molecule is Cl.O=C(C1CCNC1)N1CCC(Cc2cc(Cl)ccc2Cl)CC1. The fourth-order valence-electron chi connectivity index (χ4n) is 3.49. The van der Waals surface area contributed by atoms with Gasteiger partial charge in [-0.25, -0.2) is 0 Å². The summed E-state index contributed by atoms with van der Waals surface area (Å²) in [5, 5.41) is 4.80. The van der Waals surface area contributed by atoms with Crippen molar-refractivity contribution in [2.45, 2.75) is 25.7 Å². The van der Waals surface area contributed by atoms with Gasteiger partial charge in [0.15, 0.2) is 0 Å². The van der Waals surface area contributed by atoms with E-state index in [1.54, 1.807) is 0 Å². The van der Waals surface area contributed by atoms with Crippen LogP contribution in [0.4, 0.5) is 0 Å². The van der Waals surface area contributed by atoms with E-state index < -0.39 is 0 Å². The summed E-state index contributed by atoms with van der Waals surface area (Å²) in [7, 11) is 0. The molecule has 3 rings (SSSR count). The number of benzene rings is 1. The van der Waals surface area contributed by atoms with Crippen molar-refractivity contribution in [3.05, 3.63) is 33.8 Å².